The highest BCUT2D eigenvalue weighted by Gasteiger charge is 2.27. The SMILES string of the molecule is Cl.Cn1ccnc1C1CNCCN1CC(=O)NCCOc1ccccc1. The summed E-state index contributed by atoms with van der Waals surface area (Å²) in [5.74, 6) is 1.80. The quantitative estimate of drug-likeness (QED) is 0.702. The topological polar surface area (TPSA) is 71.4 Å². The molecular formula is C18H26ClN5O2. The van der Waals surface area contributed by atoms with E-state index in [9.17, 15) is 4.79 Å². The molecule has 142 valence electrons. The number of aromatic nitrogens is 2. The molecule has 1 aromatic heterocycles. The highest BCUT2D eigenvalue weighted by atomic mass is 35.5. The number of aryl methyl sites for hydroxylation is 1. The molecule has 26 heavy (non-hydrogen) atoms. The van der Waals surface area contributed by atoms with Crippen LogP contribution in [0.15, 0.2) is 42.7 Å². The number of rotatable bonds is 7. The number of hydrogen-bond acceptors (Lipinski definition) is 5. The molecule has 1 unspecified atom stereocenters. The molecule has 8 heteroatoms. The number of nitrogens with zero attached hydrogens (tertiary/aromatic N) is 3. The number of carbonyl (C=O) groups is 1. The zero-order valence-electron chi connectivity index (χ0n) is 14.9. The standard InChI is InChI=1S/C18H25N5O2.ClH/c1-22-10-8-21-18(22)16-13-19-7-11-23(16)14-17(24)20-9-12-25-15-5-3-2-4-6-15;/h2-6,8,10,16,19H,7,9,11-14H2,1H3,(H,20,24);1H. The highest BCUT2D eigenvalue weighted by molar-refractivity contribution is 5.85. The summed E-state index contributed by atoms with van der Waals surface area (Å²) in [6, 6.07) is 9.71. The van der Waals surface area contributed by atoms with Crippen LogP contribution < -0.4 is 15.4 Å². The molecule has 2 heterocycles. The molecule has 1 fully saturated rings. The Morgan fingerprint density at radius 1 is 1.38 bits per heavy atom. The van der Waals surface area contributed by atoms with E-state index >= 15 is 0 Å². The molecule has 2 aromatic rings. The molecule has 1 aromatic carbocycles. The average Bonchev–Trinajstić information content (AvgIpc) is 3.06. The summed E-state index contributed by atoms with van der Waals surface area (Å²) in [7, 11) is 1.98. The zero-order chi connectivity index (χ0) is 17.5. The Balaban J connectivity index is 0.00000243. The third kappa shape index (κ3) is 5.45. The first-order valence-corrected chi connectivity index (χ1v) is 8.60. The first-order chi connectivity index (χ1) is 12.2. The van der Waals surface area contributed by atoms with Crippen molar-refractivity contribution in [1.29, 1.82) is 0 Å². The molecule has 0 radical (unpaired) electrons. The van der Waals surface area contributed by atoms with Crippen molar-refractivity contribution >= 4 is 18.3 Å². The molecule has 1 aliphatic heterocycles. The maximum atomic E-state index is 12.3. The molecule has 1 aliphatic rings. The van der Waals surface area contributed by atoms with Crippen LogP contribution in [-0.4, -0.2) is 59.7 Å². The fourth-order valence-electron chi connectivity index (χ4n) is 3.00. The number of halogens is 1. The van der Waals surface area contributed by atoms with Gasteiger partial charge in [-0.15, -0.1) is 12.4 Å². The Kier molecular flexibility index (Phi) is 7.90. The van der Waals surface area contributed by atoms with E-state index in [0.717, 1.165) is 31.2 Å². The maximum Gasteiger partial charge on any atom is 0.234 e. The van der Waals surface area contributed by atoms with Gasteiger partial charge in [0.2, 0.25) is 5.91 Å². The Hall–Kier alpha value is -2.09. The Morgan fingerprint density at radius 3 is 2.92 bits per heavy atom. The van der Waals surface area contributed by atoms with Crippen molar-refractivity contribution in [2.75, 3.05) is 39.3 Å². The second-order valence-electron chi connectivity index (χ2n) is 6.10. The van der Waals surface area contributed by atoms with E-state index in [-0.39, 0.29) is 24.4 Å². The van der Waals surface area contributed by atoms with E-state index in [1.54, 1.807) is 6.20 Å². The number of carbonyl (C=O) groups excluding carboxylic acids is 1. The number of piperazine rings is 1. The Bertz CT molecular complexity index is 679. The first kappa shape index (κ1) is 20.2. The van der Waals surface area contributed by atoms with Gasteiger partial charge in [0.15, 0.2) is 0 Å². The van der Waals surface area contributed by atoms with Crippen LogP contribution in [0.1, 0.15) is 11.9 Å². The second kappa shape index (κ2) is 10.2. The molecule has 0 saturated carbocycles. The van der Waals surface area contributed by atoms with Gasteiger partial charge in [0.25, 0.3) is 0 Å². The van der Waals surface area contributed by atoms with Crippen LogP contribution >= 0.6 is 12.4 Å². The molecule has 1 amide bonds. The molecule has 0 bridgehead atoms. The van der Waals surface area contributed by atoms with Gasteiger partial charge in [0, 0.05) is 39.1 Å². The minimum atomic E-state index is 0. The normalized spacial score (nSPS) is 17.3. The lowest BCUT2D eigenvalue weighted by atomic mass is 10.1. The summed E-state index contributed by atoms with van der Waals surface area (Å²) in [4.78, 5) is 18.9. The third-order valence-corrected chi connectivity index (χ3v) is 4.29. The van der Waals surface area contributed by atoms with Crippen molar-refractivity contribution in [2.45, 2.75) is 6.04 Å². The lowest BCUT2D eigenvalue weighted by molar-refractivity contribution is -0.123. The van der Waals surface area contributed by atoms with Gasteiger partial charge in [-0.2, -0.15) is 0 Å². The van der Waals surface area contributed by atoms with Crippen LogP contribution in [-0.2, 0) is 11.8 Å². The van der Waals surface area contributed by atoms with E-state index in [1.165, 1.54) is 0 Å². The number of benzene rings is 1. The van der Waals surface area contributed by atoms with Crippen LogP contribution in [0.2, 0.25) is 0 Å². The van der Waals surface area contributed by atoms with Gasteiger partial charge in [-0.3, -0.25) is 9.69 Å². The number of imidazole rings is 1. The van der Waals surface area contributed by atoms with Gasteiger partial charge in [-0.1, -0.05) is 18.2 Å². The lowest BCUT2D eigenvalue weighted by Gasteiger charge is -2.35. The van der Waals surface area contributed by atoms with Gasteiger partial charge in [0.05, 0.1) is 19.1 Å². The number of para-hydroxylation sites is 1. The fourth-order valence-corrected chi connectivity index (χ4v) is 3.00. The third-order valence-electron chi connectivity index (χ3n) is 4.29. The Morgan fingerprint density at radius 2 is 2.19 bits per heavy atom. The molecule has 0 spiro atoms. The van der Waals surface area contributed by atoms with E-state index in [0.29, 0.717) is 19.7 Å². The molecule has 3 rings (SSSR count). The summed E-state index contributed by atoms with van der Waals surface area (Å²) in [6.45, 7) is 3.82. The summed E-state index contributed by atoms with van der Waals surface area (Å²) < 4.78 is 7.60. The second-order valence-corrected chi connectivity index (χ2v) is 6.10. The van der Waals surface area contributed by atoms with Crippen LogP contribution in [0.25, 0.3) is 0 Å². The summed E-state index contributed by atoms with van der Waals surface area (Å²) in [5, 5.41) is 6.30. The van der Waals surface area contributed by atoms with E-state index < -0.39 is 0 Å². The smallest absolute Gasteiger partial charge is 0.234 e. The van der Waals surface area contributed by atoms with Gasteiger partial charge < -0.3 is 19.9 Å². The minimum Gasteiger partial charge on any atom is -0.492 e. The number of ether oxygens (including phenoxy) is 1. The zero-order valence-corrected chi connectivity index (χ0v) is 15.7. The van der Waals surface area contributed by atoms with Crippen molar-refractivity contribution in [2.24, 2.45) is 7.05 Å². The Labute approximate surface area is 160 Å². The van der Waals surface area contributed by atoms with Gasteiger partial charge >= 0.3 is 0 Å². The predicted molar refractivity (Wildman–Crippen MR) is 103 cm³/mol. The highest BCUT2D eigenvalue weighted by Crippen LogP contribution is 2.19. The van der Waals surface area contributed by atoms with E-state index in [2.05, 4.69) is 20.5 Å². The van der Waals surface area contributed by atoms with Gasteiger partial charge in [-0.05, 0) is 12.1 Å². The monoisotopic (exact) mass is 379 g/mol. The molecule has 1 atom stereocenters. The predicted octanol–water partition coefficient (Wildman–Crippen LogP) is 0.983. The fraction of sp³-hybridized carbons (Fsp3) is 0.444. The van der Waals surface area contributed by atoms with E-state index in [1.807, 2.05) is 48.1 Å². The van der Waals surface area contributed by atoms with Crippen LogP contribution in [0.5, 0.6) is 5.75 Å². The number of hydrogen-bond donors (Lipinski definition) is 2. The molecular weight excluding hydrogens is 354 g/mol. The van der Waals surface area contributed by atoms with Gasteiger partial charge in [0.1, 0.15) is 18.2 Å². The van der Waals surface area contributed by atoms with Crippen molar-refractivity contribution < 1.29 is 9.53 Å². The molecule has 0 aliphatic carbocycles. The van der Waals surface area contributed by atoms with E-state index in [4.69, 9.17) is 4.74 Å². The lowest BCUT2D eigenvalue weighted by Crippen LogP contribution is -2.50. The molecule has 2 N–H and O–H groups in total. The maximum absolute atomic E-state index is 12.3. The molecule has 7 nitrogen and oxygen atoms in total. The average molecular weight is 380 g/mol. The largest absolute Gasteiger partial charge is 0.492 e. The number of nitrogens with one attached hydrogen (secondary N) is 2. The van der Waals surface area contributed by atoms with Crippen molar-refractivity contribution in [3.8, 4) is 5.75 Å². The van der Waals surface area contributed by atoms with Crippen molar-refractivity contribution in [1.82, 2.24) is 25.1 Å². The summed E-state index contributed by atoms with van der Waals surface area (Å²) >= 11 is 0. The number of amides is 1. The summed E-state index contributed by atoms with van der Waals surface area (Å²) in [5.41, 5.74) is 0. The van der Waals surface area contributed by atoms with Gasteiger partial charge in [-0.25, -0.2) is 4.98 Å². The molecule has 1 saturated heterocycles. The van der Waals surface area contributed by atoms with Crippen LogP contribution in [0.3, 0.4) is 0 Å². The van der Waals surface area contributed by atoms with Crippen molar-refractivity contribution in [3.05, 3.63) is 48.5 Å². The van der Waals surface area contributed by atoms with Crippen LogP contribution in [0.4, 0.5) is 0 Å². The first-order valence-electron chi connectivity index (χ1n) is 8.60. The van der Waals surface area contributed by atoms with Crippen LogP contribution in [0, 0.1) is 0 Å². The van der Waals surface area contributed by atoms with Crippen molar-refractivity contribution in [3.63, 3.8) is 0 Å². The summed E-state index contributed by atoms with van der Waals surface area (Å²) in [6.07, 6.45) is 3.73. The minimum absolute atomic E-state index is 0.